The van der Waals surface area contributed by atoms with Crippen LogP contribution in [0.3, 0.4) is 0 Å². The summed E-state index contributed by atoms with van der Waals surface area (Å²) in [5.74, 6) is 0. The van der Waals surface area contributed by atoms with Gasteiger partial charge in [0.1, 0.15) is 0 Å². The molecule has 1 unspecified atom stereocenters. The molecule has 0 amide bonds. The van der Waals surface area contributed by atoms with Crippen molar-refractivity contribution in [1.29, 1.82) is 0 Å². The summed E-state index contributed by atoms with van der Waals surface area (Å²) < 4.78 is 2.67. The first kappa shape index (κ1) is 19.2. The SMILES string of the molecule is CCCCc1ccc2c(c1)-c1ccc3ccccc3[n+]1C(CC)C2(CC)CC. The number of aryl methyl sites for hydroxylation is 1. The Labute approximate surface area is 170 Å². The molecule has 146 valence electrons. The molecule has 0 bridgehead atoms. The van der Waals surface area contributed by atoms with Crippen molar-refractivity contribution in [2.24, 2.45) is 0 Å². The predicted molar refractivity (Wildman–Crippen MR) is 120 cm³/mol. The van der Waals surface area contributed by atoms with E-state index in [0.29, 0.717) is 6.04 Å². The third kappa shape index (κ3) is 2.79. The minimum atomic E-state index is 0.204. The second-order valence-corrected chi connectivity index (χ2v) is 8.42. The standard InChI is InChI=1S/C27H34N/c1-5-9-12-20-15-17-23-22(19-20)25-18-16-21-13-10-11-14-24(21)28(25)26(6-2)27(23,7-3)8-4/h10-11,13-19,26H,5-9,12H2,1-4H3/q+1. The van der Waals surface area contributed by atoms with Crippen molar-refractivity contribution in [2.45, 2.75) is 77.7 Å². The van der Waals surface area contributed by atoms with Crippen molar-refractivity contribution in [3.05, 3.63) is 65.7 Å². The third-order valence-electron chi connectivity index (χ3n) is 7.19. The van der Waals surface area contributed by atoms with E-state index in [1.807, 2.05) is 0 Å². The Kier molecular flexibility index (Phi) is 5.27. The van der Waals surface area contributed by atoms with E-state index in [9.17, 15) is 0 Å². The molecule has 0 fully saturated rings. The molecule has 0 N–H and O–H groups in total. The van der Waals surface area contributed by atoms with Gasteiger partial charge < -0.3 is 0 Å². The van der Waals surface area contributed by atoms with Gasteiger partial charge in [0.05, 0.1) is 11.0 Å². The molecule has 0 spiro atoms. The summed E-state index contributed by atoms with van der Waals surface area (Å²) in [5.41, 5.74) is 7.50. The second kappa shape index (κ2) is 7.70. The molecule has 28 heavy (non-hydrogen) atoms. The van der Waals surface area contributed by atoms with Gasteiger partial charge in [-0.05, 0) is 55.0 Å². The predicted octanol–water partition coefficient (Wildman–Crippen LogP) is 7.16. The lowest BCUT2D eigenvalue weighted by Crippen LogP contribution is -2.55. The molecular weight excluding hydrogens is 338 g/mol. The fraction of sp³-hybridized carbons (Fsp3) is 0.444. The van der Waals surface area contributed by atoms with Crippen LogP contribution in [0.5, 0.6) is 0 Å². The fourth-order valence-electron chi connectivity index (χ4n) is 5.66. The normalized spacial score (nSPS) is 17.4. The molecule has 1 atom stereocenters. The first-order valence-corrected chi connectivity index (χ1v) is 11.3. The Morgan fingerprint density at radius 1 is 0.893 bits per heavy atom. The van der Waals surface area contributed by atoms with Crippen LogP contribution in [0, 0.1) is 0 Å². The zero-order valence-corrected chi connectivity index (χ0v) is 18.0. The van der Waals surface area contributed by atoms with Gasteiger partial charge in [-0.15, -0.1) is 0 Å². The van der Waals surface area contributed by atoms with E-state index in [1.54, 1.807) is 5.56 Å². The van der Waals surface area contributed by atoms with E-state index < -0.39 is 0 Å². The van der Waals surface area contributed by atoms with Gasteiger partial charge in [0, 0.05) is 23.9 Å². The summed E-state index contributed by atoms with van der Waals surface area (Å²) in [7, 11) is 0. The number of pyridine rings is 1. The van der Waals surface area contributed by atoms with Gasteiger partial charge >= 0.3 is 0 Å². The van der Waals surface area contributed by atoms with Crippen LogP contribution in [0.25, 0.3) is 22.2 Å². The fourth-order valence-corrected chi connectivity index (χ4v) is 5.66. The first-order chi connectivity index (χ1) is 13.7. The molecule has 1 heteroatoms. The molecule has 0 aliphatic carbocycles. The third-order valence-corrected chi connectivity index (χ3v) is 7.19. The number of unbranched alkanes of at least 4 members (excludes halogenated alkanes) is 1. The second-order valence-electron chi connectivity index (χ2n) is 8.42. The maximum Gasteiger partial charge on any atom is 0.213 e. The maximum absolute atomic E-state index is 2.67. The molecule has 4 rings (SSSR count). The number of benzene rings is 2. The van der Waals surface area contributed by atoms with Gasteiger partial charge in [0.15, 0.2) is 6.04 Å². The Bertz CT molecular complexity index is 981. The summed E-state index contributed by atoms with van der Waals surface area (Å²) in [5, 5.41) is 1.34. The monoisotopic (exact) mass is 372 g/mol. The zero-order chi connectivity index (χ0) is 19.7. The van der Waals surface area contributed by atoms with Crippen molar-refractivity contribution in [3.63, 3.8) is 0 Å². The van der Waals surface area contributed by atoms with E-state index in [-0.39, 0.29) is 5.41 Å². The lowest BCUT2D eigenvalue weighted by molar-refractivity contribution is -0.701. The van der Waals surface area contributed by atoms with Gasteiger partial charge in [0.2, 0.25) is 11.2 Å². The highest BCUT2D eigenvalue weighted by Gasteiger charge is 2.49. The summed E-state index contributed by atoms with van der Waals surface area (Å²) in [4.78, 5) is 0. The first-order valence-electron chi connectivity index (χ1n) is 11.3. The van der Waals surface area contributed by atoms with Crippen LogP contribution in [0.15, 0.2) is 54.6 Å². The van der Waals surface area contributed by atoms with Crippen LogP contribution in [0.1, 0.15) is 77.0 Å². The average molecular weight is 373 g/mol. The van der Waals surface area contributed by atoms with Crippen LogP contribution < -0.4 is 4.57 Å². The van der Waals surface area contributed by atoms with Crippen LogP contribution in [-0.4, -0.2) is 0 Å². The van der Waals surface area contributed by atoms with E-state index >= 15 is 0 Å². The Morgan fingerprint density at radius 3 is 2.39 bits per heavy atom. The highest BCUT2D eigenvalue weighted by molar-refractivity contribution is 5.79. The molecule has 1 nitrogen and oxygen atoms in total. The minimum Gasteiger partial charge on any atom is -0.188 e. The Morgan fingerprint density at radius 2 is 1.68 bits per heavy atom. The number of aromatic nitrogens is 1. The summed E-state index contributed by atoms with van der Waals surface area (Å²) >= 11 is 0. The summed E-state index contributed by atoms with van der Waals surface area (Å²) in [6, 6.07) is 21.4. The van der Waals surface area contributed by atoms with Crippen LogP contribution in [-0.2, 0) is 11.8 Å². The molecule has 2 aromatic carbocycles. The number of rotatable bonds is 6. The van der Waals surface area contributed by atoms with Crippen LogP contribution in [0.2, 0.25) is 0 Å². The quantitative estimate of drug-likeness (QED) is 0.404. The molecule has 1 aliphatic heterocycles. The van der Waals surface area contributed by atoms with Gasteiger partial charge in [-0.2, -0.15) is 4.57 Å². The summed E-state index contributed by atoms with van der Waals surface area (Å²) in [6.45, 7) is 9.42. The maximum atomic E-state index is 2.67. The van der Waals surface area contributed by atoms with Crippen LogP contribution in [0.4, 0.5) is 0 Å². The van der Waals surface area contributed by atoms with Gasteiger partial charge in [0.25, 0.3) is 0 Å². The van der Waals surface area contributed by atoms with Crippen molar-refractivity contribution in [2.75, 3.05) is 0 Å². The Hall–Kier alpha value is -2.15. The van der Waals surface area contributed by atoms with Crippen molar-refractivity contribution < 1.29 is 4.57 Å². The lowest BCUT2D eigenvalue weighted by Gasteiger charge is -2.41. The number of nitrogens with zero attached hydrogens (tertiary/aromatic N) is 1. The molecule has 1 aliphatic rings. The molecule has 2 heterocycles. The topological polar surface area (TPSA) is 3.88 Å². The van der Waals surface area contributed by atoms with E-state index in [4.69, 9.17) is 0 Å². The van der Waals surface area contributed by atoms with Crippen molar-refractivity contribution in [3.8, 4) is 11.3 Å². The number of hydrogen-bond donors (Lipinski definition) is 0. The highest BCUT2D eigenvalue weighted by Crippen LogP contribution is 2.49. The van der Waals surface area contributed by atoms with E-state index in [2.05, 4.69) is 86.9 Å². The van der Waals surface area contributed by atoms with Crippen molar-refractivity contribution in [1.82, 2.24) is 0 Å². The number of hydrogen-bond acceptors (Lipinski definition) is 0. The number of fused-ring (bicyclic) bond motifs is 5. The molecular formula is C27H34N+. The molecule has 1 aromatic heterocycles. The molecule has 0 saturated carbocycles. The molecule has 0 radical (unpaired) electrons. The molecule has 0 saturated heterocycles. The zero-order valence-electron chi connectivity index (χ0n) is 18.0. The largest absolute Gasteiger partial charge is 0.213 e. The van der Waals surface area contributed by atoms with Gasteiger partial charge in [-0.3, -0.25) is 0 Å². The highest BCUT2D eigenvalue weighted by atomic mass is 15.0. The van der Waals surface area contributed by atoms with Gasteiger partial charge in [-0.25, -0.2) is 0 Å². The van der Waals surface area contributed by atoms with Crippen LogP contribution >= 0.6 is 0 Å². The van der Waals surface area contributed by atoms with Crippen molar-refractivity contribution >= 4 is 10.9 Å². The van der Waals surface area contributed by atoms with E-state index in [0.717, 1.165) is 6.42 Å². The average Bonchev–Trinajstić information content (AvgIpc) is 2.76. The minimum absolute atomic E-state index is 0.204. The summed E-state index contributed by atoms with van der Waals surface area (Å²) in [6.07, 6.45) is 7.21. The lowest BCUT2D eigenvalue weighted by atomic mass is 9.65. The Balaban J connectivity index is 2.05. The van der Waals surface area contributed by atoms with E-state index in [1.165, 1.54) is 59.8 Å². The smallest absolute Gasteiger partial charge is 0.188 e. The molecule has 3 aromatic rings. The number of para-hydroxylation sites is 1. The van der Waals surface area contributed by atoms with Gasteiger partial charge in [-0.1, -0.05) is 58.4 Å².